The number of amides is 4. The first kappa shape index (κ1) is 17.5. The number of urea groups is 1. The predicted molar refractivity (Wildman–Crippen MR) is 80.7 cm³/mol. The van der Waals surface area contributed by atoms with Gasteiger partial charge in [-0.15, -0.1) is 0 Å². The SMILES string of the molecule is CCCCCC(C)NC(=O)CCCN1C(=O)CN(C)C1=O. The Kier molecular flexibility index (Phi) is 7.19. The Morgan fingerprint density at radius 2 is 2.00 bits per heavy atom. The molecule has 1 unspecified atom stereocenters. The van der Waals surface area contributed by atoms with Gasteiger partial charge in [0.25, 0.3) is 0 Å². The highest BCUT2D eigenvalue weighted by atomic mass is 16.2. The van der Waals surface area contributed by atoms with Gasteiger partial charge < -0.3 is 10.2 Å². The molecule has 0 aromatic carbocycles. The van der Waals surface area contributed by atoms with Crippen LogP contribution in [0, 0.1) is 0 Å². The van der Waals surface area contributed by atoms with Gasteiger partial charge in [0.15, 0.2) is 0 Å². The monoisotopic (exact) mass is 297 g/mol. The lowest BCUT2D eigenvalue weighted by molar-refractivity contribution is -0.126. The molecule has 1 aliphatic heterocycles. The van der Waals surface area contributed by atoms with Gasteiger partial charge >= 0.3 is 6.03 Å². The van der Waals surface area contributed by atoms with Gasteiger partial charge in [-0.1, -0.05) is 26.2 Å². The molecule has 1 fully saturated rings. The maximum atomic E-state index is 11.8. The Hall–Kier alpha value is -1.59. The summed E-state index contributed by atoms with van der Waals surface area (Å²) in [5.41, 5.74) is 0. The van der Waals surface area contributed by atoms with Crippen LogP contribution in [0.5, 0.6) is 0 Å². The number of imide groups is 1. The summed E-state index contributed by atoms with van der Waals surface area (Å²) in [4.78, 5) is 37.6. The zero-order valence-corrected chi connectivity index (χ0v) is 13.4. The van der Waals surface area contributed by atoms with Gasteiger partial charge in [-0.3, -0.25) is 14.5 Å². The van der Waals surface area contributed by atoms with E-state index < -0.39 is 0 Å². The van der Waals surface area contributed by atoms with Crippen LogP contribution in [0.2, 0.25) is 0 Å². The van der Waals surface area contributed by atoms with E-state index in [1.807, 2.05) is 6.92 Å². The smallest absolute Gasteiger partial charge is 0.326 e. The van der Waals surface area contributed by atoms with Crippen molar-refractivity contribution in [1.82, 2.24) is 15.1 Å². The lowest BCUT2D eigenvalue weighted by Crippen LogP contribution is -2.35. The van der Waals surface area contributed by atoms with Crippen LogP contribution >= 0.6 is 0 Å². The number of rotatable bonds is 9. The molecule has 1 rings (SSSR count). The molecule has 1 aliphatic rings. The number of likely N-dealkylation sites (N-methyl/N-ethyl adjacent to an activating group) is 1. The normalized spacial score (nSPS) is 16.5. The molecule has 4 amide bonds. The van der Waals surface area contributed by atoms with Crippen molar-refractivity contribution >= 4 is 17.8 Å². The molecule has 1 heterocycles. The number of carbonyl (C=O) groups is 3. The molecule has 21 heavy (non-hydrogen) atoms. The fourth-order valence-corrected chi connectivity index (χ4v) is 2.41. The van der Waals surface area contributed by atoms with Crippen LogP contribution in [0.4, 0.5) is 4.79 Å². The third kappa shape index (κ3) is 5.73. The van der Waals surface area contributed by atoms with Gasteiger partial charge in [-0.25, -0.2) is 4.79 Å². The van der Waals surface area contributed by atoms with Crippen LogP contribution in [-0.2, 0) is 9.59 Å². The minimum atomic E-state index is -0.270. The van der Waals surface area contributed by atoms with Gasteiger partial charge in [0.05, 0.1) is 0 Å². The first-order valence-electron chi connectivity index (χ1n) is 7.80. The zero-order chi connectivity index (χ0) is 15.8. The summed E-state index contributed by atoms with van der Waals surface area (Å²) in [6.07, 6.45) is 5.34. The lowest BCUT2D eigenvalue weighted by atomic mass is 10.1. The van der Waals surface area contributed by atoms with Crippen LogP contribution in [-0.4, -0.2) is 53.8 Å². The molecule has 1 saturated heterocycles. The van der Waals surface area contributed by atoms with Crippen LogP contribution in [0.25, 0.3) is 0 Å². The van der Waals surface area contributed by atoms with E-state index in [1.165, 1.54) is 22.6 Å². The fraction of sp³-hybridized carbons (Fsp3) is 0.800. The van der Waals surface area contributed by atoms with Crippen molar-refractivity contribution in [3.63, 3.8) is 0 Å². The van der Waals surface area contributed by atoms with E-state index in [-0.39, 0.29) is 30.4 Å². The Labute approximate surface area is 126 Å². The molecule has 0 bridgehead atoms. The highest BCUT2D eigenvalue weighted by Gasteiger charge is 2.32. The van der Waals surface area contributed by atoms with Crippen molar-refractivity contribution in [2.24, 2.45) is 0 Å². The van der Waals surface area contributed by atoms with Crippen molar-refractivity contribution in [2.45, 2.75) is 58.4 Å². The first-order valence-corrected chi connectivity index (χ1v) is 7.80. The first-order chi connectivity index (χ1) is 9.95. The predicted octanol–water partition coefficient (Wildman–Crippen LogP) is 1.75. The minimum Gasteiger partial charge on any atom is -0.354 e. The molecule has 0 spiro atoms. The maximum absolute atomic E-state index is 11.8. The summed E-state index contributed by atoms with van der Waals surface area (Å²) < 4.78 is 0. The number of hydrogen-bond donors (Lipinski definition) is 1. The third-order valence-electron chi connectivity index (χ3n) is 3.66. The molecule has 0 saturated carbocycles. The summed E-state index contributed by atoms with van der Waals surface area (Å²) in [7, 11) is 1.60. The molecule has 0 aliphatic carbocycles. The van der Waals surface area contributed by atoms with Crippen LogP contribution < -0.4 is 5.32 Å². The van der Waals surface area contributed by atoms with Crippen molar-refractivity contribution in [3.05, 3.63) is 0 Å². The van der Waals surface area contributed by atoms with Gasteiger partial charge in [0.2, 0.25) is 11.8 Å². The van der Waals surface area contributed by atoms with Gasteiger partial charge in [0, 0.05) is 26.1 Å². The number of hydrogen-bond acceptors (Lipinski definition) is 3. The van der Waals surface area contributed by atoms with E-state index >= 15 is 0 Å². The number of nitrogens with zero attached hydrogens (tertiary/aromatic N) is 2. The minimum absolute atomic E-state index is 0.00792. The zero-order valence-electron chi connectivity index (χ0n) is 13.4. The molecule has 0 aromatic rings. The standard InChI is InChI=1S/C15H27N3O3/c1-4-5-6-8-12(2)16-13(19)9-7-10-18-14(20)11-17(3)15(18)21/h12H,4-11H2,1-3H3,(H,16,19). The Morgan fingerprint density at radius 3 is 2.57 bits per heavy atom. The van der Waals surface area contributed by atoms with E-state index in [0.29, 0.717) is 19.4 Å². The molecular formula is C15H27N3O3. The average molecular weight is 297 g/mol. The molecule has 1 N–H and O–H groups in total. The molecule has 6 nitrogen and oxygen atoms in total. The summed E-state index contributed by atoms with van der Waals surface area (Å²) in [6, 6.07) is -0.0847. The summed E-state index contributed by atoms with van der Waals surface area (Å²) >= 11 is 0. The Morgan fingerprint density at radius 1 is 1.29 bits per heavy atom. The average Bonchev–Trinajstić information content (AvgIpc) is 2.65. The van der Waals surface area contributed by atoms with Crippen LogP contribution in [0.15, 0.2) is 0 Å². The third-order valence-corrected chi connectivity index (χ3v) is 3.66. The highest BCUT2D eigenvalue weighted by molar-refractivity contribution is 6.01. The molecule has 0 aromatic heterocycles. The molecule has 120 valence electrons. The van der Waals surface area contributed by atoms with Gasteiger partial charge in [-0.05, 0) is 19.8 Å². The summed E-state index contributed by atoms with van der Waals surface area (Å²) in [5.74, 6) is -0.192. The number of carbonyl (C=O) groups excluding carboxylic acids is 3. The van der Waals surface area contributed by atoms with E-state index in [2.05, 4.69) is 12.2 Å². The summed E-state index contributed by atoms with van der Waals surface area (Å²) in [5, 5.41) is 2.96. The largest absolute Gasteiger partial charge is 0.354 e. The van der Waals surface area contributed by atoms with Crippen LogP contribution in [0.1, 0.15) is 52.4 Å². The second kappa shape index (κ2) is 8.64. The maximum Gasteiger partial charge on any atom is 0.326 e. The van der Waals surface area contributed by atoms with Gasteiger partial charge in [0.1, 0.15) is 6.54 Å². The van der Waals surface area contributed by atoms with E-state index in [1.54, 1.807) is 7.05 Å². The number of unbranched alkanes of at least 4 members (excludes halogenated alkanes) is 2. The second-order valence-electron chi connectivity index (χ2n) is 5.75. The summed E-state index contributed by atoms with van der Waals surface area (Å²) in [6.45, 7) is 4.62. The highest BCUT2D eigenvalue weighted by Crippen LogP contribution is 2.09. The lowest BCUT2D eigenvalue weighted by Gasteiger charge is -2.15. The molecular weight excluding hydrogens is 270 g/mol. The van der Waals surface area contributed by atoms with Crippen molar-refractivity contribution in [3.8, 4) is 0 Å². The van der Waals surface area contributed by atoms with Crippen molar-refractivity contribution < 1.29 is 14.4 Å². The Bertz CT molecular complexity index is 384. The molecule has 1 atom stereocenters. The van der Waals surface area contributed by atoms with E-state index in [9.17, 15) is 14.4 Å². The second-order valence-corrected chi connectivity index (χ2v) is 5.75. The van der Waals surface area contributed by atoms with Crippen molar-refractivity contribution in [2.75, 3.05) is 20.1 Å². The topological polar surface area (TPSA) is 69.7 Å². The quantitative estimate of drug-likeness (QED) is 0.520. The molecule has 0 radical (unpaired) electrons. The Balaban J connectivity index is 2.19. The van der Waals surface area contributed by atoms with E-state index in [4.69, 9.17) is 0 Å². The molecule has 6 heteroatoms. The fourth-order valence-electron chi connectivity index (χ4n) is 2.41. The van der Waals surface area contributed by atoms with Crippen molar-refractivity contribution in [1.29, 1.82) is 0 Å². The number of nitrogens with one attached hydrogen (secondary N) is 1. The van der Waals surface area contributed by atoms with Gasteiger partial charge in [-0.2, -0.15) is 0 Å². The van der Waals surface area contributed by atoms with E-state index in [0.717, 1.165) is 12.8 Å². The van der Waals surface area contributed by atoms with Crippen LogP contribution in [0.3, 0.4) is 0 Å².